The molecule has 1 aliphatic rings. The van der Waals surface area contributed by atoms with Crippen molar-refractivity contribution in [2.24, 2.45) is 0 Å². The second-order valence-corrected chi connectivity index (χ2v) is 5.21. The highest BCUT2D eigenvalue weighted by Crippen LogP contribution is 2.15. The Labute approximate surface area is 128 Å². The van der Waals surface area contributed by atoms with Crippen molar-refractivity contribution in [1.82, 2.24) is 19.8 Å². The summed E-state index contributed by atoms with van der Waals surface area (Å²) in [5.41, 5.74) is 0. The lowest BCUT2D eigenvalue weighted by Crippen LogP contribution is -2.44. The molecule has 1 aromatic heterocycles. The van der Waals surface area contributed by atoms with Gasteiger partial charge in [-0.15, -0.1) is 24.8 Å². The second kappa shape index (κ2) is 8.80. The highest BCUT2D eigenvalue weighted by Gasteiger charge is 2.20. The van der Waals surface area contributed by atoms with E-state index in [-0.39, 0.29) is 24.8 Å². The summed E-state index contributed by atoms with van der Waals surface area (Å²) in [5, 5.41) is 3.38. The van der Waals surface area contributed by atoms with Gasteiger partial charge in [-0.2, -0.15) is 0 Å². The Morgan fingerprint density at radius 3 is 2.79 bits per heavy atom. The first-order chi connectivity index (χ1) is 8.20. The zero-order chi connectivity index (χ0) is 12.3. The molecule has 2 heterocycles. The van der Waals surface area contributed by atoms with Gasteiger partial charge in [0.05, 0.1) is 6.54 Å². The predicted octanol–water partition coefficient (Wildman–Crippen LogP) is 2.49. The van der Waals surface area contributed by atoms with Crippen molar-refractivity contribution in [3.63, 3.8) is 0 Å². The summed E-state index contributed by atoms with van der Waals surface area (Å²) in [6, 6.07) is 1.14. The van der Waals surface area contributed by atoms with Gasteiger partial charge in [0.1, 0.15) is 5.82 Å². The maximum atomic E-state index is 4.48. The van der Waals surface area contributed by atoms with Gasteiger partial charge in [0.2, 0.25) is 0 Å². The van der Waals surface area contributed by atoms with Crippen LogP contribution in [0.25, 0.3) is 0 Å². The molecule has 0 spiro atoms. The van der Waals surface area contributed by atoms with Gasteiger partial charge in [0, 0.05) is 31.0 Å². The minimum atomic E-state index is 0. The maximum absolute atomic E-state index is 4.48. The van der Waals surface area contributed by atoms with E-state index in [1.165, 1.54) is 25.2 Å². The monoisotopic (exact) mass is 308 g/mol. The molecule has 19 heavy (non-hydrogen) atoms. The Bertz CT molecular complexity index is 354. The number of hydrogen-bond donors (Lipinski definition) is 1. The average molecular weight is 309 g/mol. The molecule has 6 heteroatoms. The van der Waals surface area contributed by atoms with Crippen LogP contribution in [0.5, 0.6) is 0 Å². The summed E-state index contributed by atoms with van der Waals surface area (Å²) < 4.78 is 2.27. The van der Waals surface area contributed by atoms with E-state index in [2.05, 4.69) is 46.9 Å². The molecule has 1 aliphatic heterocycles. The third-order valence-corrected chi connectivity index (χ3v) is 3.58. The number of hydrogen-bond acceptors (Lipinski definition) is 3. The molecule has 1 aromatic rings. The summed E-state index contributed by atoms with van der Waals surface area (Å²) in [4.78, 5) is 6.99. The molecule has 0 bridgehead atoms. The average Bonchev–Trinajstić information content (AvgIpc) is 2.77. The van der Waals surface area contributed by atoms with Gasteiger partial charge in [0.15, 0.2) is 0 Å². The smallest absolute Gasteiger partial charge is 0.123 e. The minimum Gasteiger partial charge on any atom is -0.331 e. The van der Waals surface area contributed by atoms with E-state index >= 15 is 0 Å². The van der Waals surface area contributed by atoms with Crippen LogP contribution in [-0.4, -0.2) is 40.6 Å². The van der Waals surface area contributed by atoms with Crippen molar-refractivity contribution < 1.29 is 0 Å². The molecule has 1 saturated heterocycles. The first-order valence-electron chi connectivity index (χ1n) is 6.62. The van der Waals surface area contributed by atoms with E-state index in [0.717, 1.165) is 13.1 Å². The van der Waals surface area contributed by atoms with Crippen LogP contribution in [0.1, 0.15) is 38.6 Å². The molecule has 4 nitrogen and oxygen atoms in total. The number of likely N-dealkylation sites (tertiary alicyclic amines) is 1. The Kier molecular flexibility index (Phi) is 8.66. The van der Waals surface area contributed by atoms with Crippen LogP contribution >= 0.6 is 24.8 Å². The van der Waals surface area contributed by atoms with E-state index in [0.29, 0.717) is 12.1 Å². The topological polar surface area (TPSA) is 33.1 Å². The highest BCUT2D eigenvalue weighted by molar-refractivity contribution is 5.85. The van der Waals surface area contributed by atoms with Crippen LogP contribution in [0.4, 0.5) is 0 Å². The lowest BCUT2D eigenvalue weighted by Gasteiger charge is -2.32. The van der Waals surface area contributed by atoms with Gasteiger partial charge in [-0.25, -0.2) is 4.98 Å². The number of likely N-dealkylation sites (N-methyl/N-ethyl adjacent to an activating group) is 1. The molecule has 1 atom stereocenters. The second-order valence-electron chi connectivity index (χ2n) is 5.21. The molecule has 0 saturated carbocycles. The predicted molar refractivity (Wildman–Crippen MR) is 84.5 cm³/mol. The third-order valence-electron chi connectivity index (χ3n) is 3.58. The summed E-state index contributed by atoms with van der Waals surface area (Å²) in [6.45, 7) is 7.73. The largest absolute Gasteiger partial charge is 0.331 e. The van der Waals surface area contributed by atoms with E-state index in [1.807, 2.05) is 6.20 Å². The van der Waals surface area contributed by atoms with Crippen LogP contribution in [0.2, 0.25) is 0 Å². The van der Waals surface area contributed by atoms with Crippen molar-refractivity contribution in [3.05, 3.63) is 18.2 Å². The molecule has 0 radical (unpaired) electrons. The summed E-state index contributed by atoms with van der Waals surface area (Å²) in [7, 11) is 2.06. The zero-order valence-corrected chi connectivity index (χ0v) is 13.6. The van der Waals surface area contributed by atoms with Crippen LogP contribution in [0, 0.1) is 0 Å². The summed E-state index contributed by atoms with van der Waals surface area (Å²) >= 11 is 0. The van der Waals surface area contributed by atoms with Crippen LogP contribution < -0.4 is 5.32 Å². The van der Waals surface area contributed by atoms with Crippen molar-refractivity contribution in [2.75, 3.05) is 20.1 Å². The molecule has 0 aliphatic carbocycles. The van der Waals surface area contributed by atoms with Crippen molar-refractivity contribution in [2.45, 2.75) is 45.3 Å². The Morgan fingerprint density at radius 1 is 1.42 bits per heavy atom. The Morgan fingerprint density at radius 2 is 2.16 bits per heavy atom. The van der Waals surface area contributed by atoms with E-state index < -0.39 is 0 Å². The fraction of sp³-hybridized carbons (Fsp3) is 0.769. The van der Waals surface area contributed by atoms with E-state index in [9.17, 15) is 0 Å². The van der Waals surface area contributed by atoms with Gasteiger partial charge in [-0.3, -0.25) is 4.90 Å². The molecule has 0 amide bonds. The third kappa shape index (κ3) is 4.95. The summed E-state index contributed by atoms with van der Waals surface area (Å²) in [6.07, 6.45) is 6.58. The lowest BCUT2D eigenvalue weighted by atomic mass is 10.1. The Balaban J connectivity index is 0.00000162. The fourth-order valence-corrected chi connectivity index (χ4v) is 2.57. The molecule has 1 N–H and O–H groups in total. The first kappa shape index (κ1) is 18.7. The van der Waals surface area contributed by atoms with Crippen LogP contribution in [0.15, 0.2) is 12.4 Å². The van der Waals surface area contributed by atoms with Crippen molar-refractivity contribution in [1.29, 1.82) is 0 Å². The molecule has 0 aromatic carbocycles. The van der Waals surface area contributed by atoms with Gasteiger partial charge >= 0.3 is 0 Å². The Hall–Kier alpha value is -0.290. The zero-order valence-electron chi connectivity index (χ0n) is 12.0. The number of aromatic nitrogens is 2. The number of imidazole rings is 1. The quantitative estimate of drug-likeness (QED) is 0.927. The standard InChI is InChI=1S/C13H24N4.2ClH/c1-11(2)17-8-6-15-13(17)10-16-7-4-5-12(9-16)14-3;;/h6,8,11-12,14H,4-5,7,9-10H2,1-3H3;2*1H. The SMILES string of the molecule is CNC1CCCN(Cc2nccn2C(C)C)C1.Cl.Cl. The fourth-order valence-electron chi connectivity index (χ4n) is 2.57. The highest BCUT2D eigenvalue weighted by atomic mass is 35.5. The number of piperidine rings is 1. The van der Waals surface area contributed by atoms with Crippen LogP contribution in [-0.2, 0) is 6.54 Å². The maximum Gasteiger partial charge on any atom is 0.123 e. The normalized spacial score (nSPS) is 19.9. The molecule has 112 valence electrons. The number of rotatable bonds is 4. The van der Waals surface area contributed by atoms with Gasteiger partial charge in [-0.1, -0.05) is 0 Å². The van der Waals surface area contributed by atoms with E-state index in [4.69, 9.17) is 0 Å². The number of halogens is 2. The van der Waals surface area contributed by atoms with Gasteiger partial charge in [0.25, 0.3) is 0 Å². The van der Waals surface area contributed by atoms with Gasteiger partial charge in [-0.05, 0) is 40.3 Å². The molecular formula is C13H26Cl2N4. The van der Waals surface area contributed by atoms with E-state index in [1.54, 1.807) is 0 Å². The number of nitrogens with one attached hydrogen (secondary N) is 1. The summed E-state index contributed by atoms with van der Waals surface area (Å²) in [5.74, 6) is 1.19. The lowest BCUT2D eigenvalue weighted by molar-refractivity contribution is 0.181. The molecule has 1 unspecified atom stereocenters. The van der Waals surface area contributed by atoms with Crippen molar-refractivity contribution in [3.8, 4) is 0 Å². The first-order valence-corrected chi connectivity index (χ1v) is 6.62. The molecular weight excluding hydrogens is 283 g/mol. The molecule has 2 rings (SSSR count). The number of nitrogens with zero attached hydrogens (tertiary/aromatic N) is 3. The van der Waals surface area contributed by atoms with Gasteiger partial charge < -0.3 is 9.88 Å². The minimum absolute atomic E-state index is 0. The molecule has 1 fully saturated rings. The van der Waals surface area contributed by atoms with Crippen molar-refractivity contribution >= 4 is 24.8 Å². The van der Waals surface area contributed by atoms with Crippen LogP contribution in [0.3, 0.4) is 0 Å².